The van der Waals surface area contributed by atoms with Crippen LogP contribution in [0.3, 0.4) is 0 Å². The van der Waals surface area contributed by atoms with E-state index in [-0.39, 0.29) is 17.7 Å². The van der Waals surface area contributed by atoms with Crippen molar-refractivity contribution in [1.29, 1.82) is 0 Å². The van der Waals surface area contributed by atoms with Gasteiger partial charge in [0, 0.05) is 18.8 Å². The van der Waals surface area contributed by atoms with Crippen molar-refractivity contribution < 1.29 is 20.1 Å². The van der Waals surface area contributed by atoms with Gasteiger partial charge >= 0.3 is 0 Å². The molecule has 154 valence electrons. The highest BCUT2D eigenvalue weighted by Crippen LogP contribution is 2.36. The first-order chi connectivity index (χ1) is 13.5. The fraction of sp³-hybridized carbons (Fsp3) is 0.522. The molecular weight excluding hydrogens is 354 g/mol. The van der Waals surface area contributed by atoms with Crippen LogP contribution in [0.4, 0.5) is 0 Å². The lowest BCUT2D eigenvalue weighted by Crippen LogP contribution is -2.20. The van der Waals surface area contributed by atoms with E-state index in [2.05, 4.69) is 0 Å². The number of allylic oxidation sites excluding steroid dienone is 2. The second-order valence-electron chi connectivity index (χ2n) is 7.65. The van der Waals surface area contributed by atoms with Gasteiger partial charge in [-0.15, -0.1) is 0 Å². The minimum absolute atomic E-state index is 0.0695. The molecule has 0 aromatic heterocycles. The van der Waals surface area contributed by atoms with Crippen molar-refractivity contribution >= 4 is 5.91 Å². The molecule has 0 heterocycles. The highest BCUT2D eigenvalue weighted by atomic mass is 16.3. The number of amides is 1. The van der Waals surface area contributed by atoms with Crippen molar-refractivity contribution in [2.45, 2.75) is 63.3 Å². The Morgan fingerprint density at radius 2 is 1.93 bits per heavy atom. The van der Waals surface area contributed by atoms with Crippen molar-refractivity contribution in [3.05, 3.63) is 60.2 Å². The van der Waals surface area contributed by atoms with Gasteiger partial charge in [0.1, 0.15) is 0 Å². The predicted octanol–water partition coefficient (Wildman–Crippen LogP) is 2.50. The van der Waals surface area contributed by atoms with Crippen LogP contribution in [0.2, 0.25) is 0 Å². The molecule has 0 unspecified atom stereocenters. The first-order valence-electron chi connectivity index (χ1n) is 10.2. The maximum absolute atomic E-state index is 10.7. The summed E-state index contributed by atoms with van der Waals surface area (Å²) in [6.07, 6.45) is 10.2. The van der Waals surface area contributed by atoms with Gasteiger partial charge in [0.2, 0.25) is 5.91 Å². The predicted molar refractivity (Wildman–Crippen MR) is 110 cm³/mol. The molecular formula is C23H33NO4. The highest BCUT2D eigenvalue weighted by molar-refractivity contribution is 5.73. The van der Waals surface area contributed by atoms with Crippen LogP contribution in [0.1, 0.15) is 44.1 Å². The molecule has 1 aromatic rings. The van der Waals surface area contributed by atoms with E-state index in [1.165, 1.54) is 5.56 Å². The van der Waals surface area contributed by atoms with Crippen LogP contribution in [0.15, 0.2) is 54.6 Å². The first kappa shape index (κ1) is 22.3. The third kappa shape index (κ3) is 7.58. The third-order valence-electron chi connectivity index (χ3n) is 5.41. The summed E-state index contributed by atoms with van der Waals surface area (Å²) in [5.74, 6) is -0.532. The molecule has 5 N–H and O–H groups in total. The molecule has 0 aliphatic heterocycles. The maximum Gasteiger partial charge on any atom is 0.217 e. The molecule has 5 atom stereocenters. The molecule has 1 saturated carbocycles. The van der Waals surface area contributed by atoms with Crippen LogP contribution < -0.4 is 5.73 Å². The van der Waals surface area contributed by atoms with Crippen LogP contribution in [-0.4, -0.2) is 39.5 Å². The summed E-state index contributed by atoms with van der Waals surface area (Å²) in [7, 11) is 0. The topological polar surface area (TPSA) is 104 Å². The quantitative estimate of drug-likeness (QED) is 0.346. The summed E-state index contributed by atoms with van der Waals surface area (Å²) >= 11 is 0. The van der Waals surface area contributed by atoms with E-state index in [0.29, 0.717) is 25.7 Å². The lowest BCUT2D eigenvalue weighted by molar-refractivity contribution is -0.118. The molecule has 5 heteroatoms. The van der Waals surface area contributed by atoms with E-state index in [0.717, 1.165) is 19.3 Å². The Kier molecular flexibility index (Phi) is 9.41. The smallest absolute Gasteiger partial charge is 0.217 e. The number of rotatable bonds is 11. The second-order valence-corrected chi connectivity index (χ2v) is 7.65. The minimum atomic E-state index is -0.596. The molecule has 1 aliphatic carbocycles. The zero-order valence-corrected chi connectivity index (χ0v) is 16.4. The van der Waals surface area contributed by atoms with Gasteiger partial charge in [0.05, 0.1) is 18.3 Å². The van der Waals surface area contributed by atoms with Gasteiger partial charge in [0.25, 0.3) is 0 Å². The summed E-state index contributed by atoms with van der Waals surface area (Å²) in [5, 5.41) is 30.8. The van der Waals surface area contributed by atoms with Crippen LogP contribution in [0.5, 0.6) is 0 Å². The number of carbonyl (C=O) groups is 1. The number of aryl methyl sites for hydroxylation is 1. The summed E-state index contributed by atoms with van der Waals surface area (Å²) in [6.45, 7) is 0. The first-order valence-corrected chi connectivity index (χ1v) is 10.2. The number of hydrogen-bond acceptors (Lipinski definition) is 4. The maximum atomic E-state index is 10.7. The van der Waals surface area contributed by atoms with E-state index in [1.54, 1.807) is 6.08 Å². The molecule has 28 heavy (non-hydrogen) atoms. The van der Waals surface area contributed by atoms with Gasteiger partial charge in [-0.3, -0.25) is 4.79 Å². The minimum Gasteiger partial charge on any atom is -0.393 e. The normalized spacial score (nSPS) is 26.2. The Hall–Kier alpha value is -1.95. The Morgan fingerprint density at radius 1 is 1.18 bits per heavy atom. The summed E-state index contributed by atoms with van der Waals surface area (Å²) in [4.78, 5) is 10.7. The Bertz CT molecular complexity index is 643. The molecule has 5 nitrogen and oxygen atoms in total. The number of carbonyl (C=O) groups excluding carboxylic acids is 1. The molecule has 2 rings (SSSR count). The molecule has 1 aliphatic rings. The zero-order valence-electron chi connectivity index (χ0n) is 16.4. The van der Waals surface area contributed by atoms with Gasteiger partial charge in [-0.1, -0.05) is 54.6 Å². The van der Waals surface area contributed by atoms with Gasteiger partial charge in [-0.2, -0.15) is 0 Å². The number of unbranched alkanes of at least 4 members (excludes halogenated alkanes) is 1. The lowest BCUT2D eigenvalue weighted by Gasteiger charge is -2.19. The van der Waals surface area contributed by atoms with Gasteiger partial charge < -0.3 is 21.1 Å². The van der Waals surface area contributed by atoms with Crippen molar-refractivity contribution in [1.82, 2.24) is 0 Å². The fourth-order valence-corrected chi connectivity index (χ4v) is 3.78. The van der Waals surface area contributed by atoms with Crippen molar-refractivity contribution in [3.63, 3.8) is 0 Å². The number of primary amides is 1. The number of benzene rings is 1. The number of nitrogens with two attached hydrogens (primary N) is 1. The van der Waals surface area contributed by atoms with Crippen LogP contribution >= 0.6 is 0 Å². The standard InChI is InChI=1S/C23H33NO4/c24-23(28)11-7-2-1-6-10-19-20(22(27)16-21(19)26)15-14-18(25)13-12-17-8-4-3-5-9-17/h1,3-6,8-9,14-15,18-22,25-27H,2,7,10-13,16H2,(H2,24,28)/b6-1-,15-14+/t18-,19+,20+,21-,22+/m0/s1. The largest absolute Gasteiger partial charge is 0.393 e. The van der Waals surface area contributed by atoms with Crippen LogP contribution in [0, 0.1) is 11.8 Å². The Labute approximate surface area is 167 Å². The van der Waals surface area contributed by atoms with E-state index < -0.39 is 18.3 Å². The second kappa shape index (κ2) is 11.8. The summed E-state index contributed by atoms with van der Waals surface area (Å²) < 4.78 is 0. The SMILES string of the molecule is NC(=O)CCC/C=C\C[C@@H]1[C@@H](/C=C/[C@@H](O)CCc2ccccc2)[C@H](O)C[C@@H]1O. The van der Waals surface area contributed by atoms with E-state index in [4.69, 9.17) is 5.73 Å². The highest BCUT2D eigenvalue weighted by Gasteiger charge is 2.39. The average Bonchev–Trinajstić information content (AvgIpc) is 2.94. The molecule has 0 radical (unpaired) electrons. The van der Waals surface area contributed by atoms with Gasteiger partial charge in [-0.25, -0.2) is 0 Å². The fourth-order valence-electron chi connectivity index (χ4n) is 3.78. The van der Waals surface area contributed by atoms with Crippen LogP contribution in [-0.2, 0) is 11.2 Å². The van der Waals surface area contributed by atoms with E-state index >= 15 is 0 Å². The third-order valence-corrected chi connectivity index (χ3v) is 5.41. The number of hydrogen-bond donors (Lipinski definition) is 4. The molecule has 1 amide bonds. The summed E-state index contributed by atoms with van der Waals surface area (Å²) in [6, 6.07) is 10.0. The zero-order chi connectivity index (χ0) is 20.4. The lowest BCUT2D eigenvalue weighted by atomic mass is 9.89. The van der Waals surface area contributed by atoms with Crippen molar-refractivity contribution in [3.8, 4) is 0 Å². The van der Waals surface area contributed by atoms with E-state index in [9.17, 15) is 20.1 Å². The average molecular weight is 388 g/mol. The molecule has 0 bridgehead atoms. The molecule has 0 saturated heterocycles. The Morgan fingerprint density at radius 3 is 2.64 bits per heavy atom. The van der Waals surface area contributed by atoms with Gasteiger partial charge in [0.15, 0.2) is 0 Å². The van der Waals surface area contributed by atoms with Gasteiger partial charge in [-0.05, 0) is 43.6 Å². The monoisotopic (exact) mass is 387 g/mol. The number of aliphatic hydroxyl groups is 3. The number of aliphatic hydroxyl groups excluding tert-OH is 3. The Balaban J connectivity index is 1.82. The summed E-state index contributed by atoms with van der Waals surface area (Å²) in [5.41, 5.74) is 6.30. The molecule has 1 fully saturated rings. The molecule has 0 spiro atoms. The van der Waals surface area contributed by atoms with Crippen molar-refractivity contribution in [2.24, 2.45) is 17.6 Å². The van der Waals surface area contributed by atoms with E-state index in [1.807, 2.05) is 48.6 Å². The molecule has 1 aromatic carbocycles. The van der Waals surface area contributed by atoms with Crippen LogP contribution in [0.25, 0.3) is 0 Å². The van der Waals surface area contributed by atoms with Crippen molar-refractivity contribution in [2.75, 3.05) is 0 Å².